The molecule has 0 aliphatic heterocycles. The number of amides is 1. The first kappa shape index (κ1) is 19.9. The lowest BCUT2D eigenvalue weighted by Gasteiger charge is -2.51. The molecule has 1 amide bonds. The quantitative estimate of drug-likeness (QED) is 0.203. The average molecular weight is 414 g/mol. The second-order valence-electron chi connectivity index (χ2n) is 7.92. The van der Waals surface area contributed by atoms with Crippen LogP contribution in [0.2, 0.25) is 0 Å². The van der Waals surface area contributed by atoms with Crippen LogP contribution >= 0.6 is 0 Å². The second-order valence-corrected chi connectivity index (χ2v) is 7.92. The Morgan fingerprint density at radius 1 is 1.17 bits per heavy atom. The molecule has 3 aliphatic rings. The van der Waals surface area contributed by atoms with Gasteiger partial charge >= 0.3 is 0 Å². The van der Waals surface area contributed by atoms with Crippen molar-refractivity contribution < 1.29 is 39.3 Å². The van der Waals surface area contributed by atoms with Crippen LogP contribution < -0.4 is 11.5 Å². The van der Waals surface area contributed by atoms with Crippen molar-refractivity contribution in [3.63, 3.8) is 0 Å². The number of carbonyl (C=O) groups is 5. The van der Waals surface area contributed by atoms with Crippen LogP contribution in [0.4, 0.5) is 5.69 Å². The Labute approximate surface area is 169 Å². The predicted molar refractivity (Wildman–Crippen MR) is 99.6 cm³/mol. The number of phenols is 1. The van der Waals surface area contributed by atoms with Crippen molar-refractivity contribution in [2.75, 3.05) is 5.73 Å². The van der Waals surface area contributed by atoms with E-state index in [1.165, 1.54) is 12.1 Å². The van der Waals surface area contributed by atoms with Crippen LogP contribution in [0.15, 0.2) is 18.7 Å². The molecular weight excluding hydrogens is 396 g/mol. The van der Waals surface area contributed by atoms with E-state index in [0.717, 1.165) is 0 Å². The van der Waals surface area contributed by atoms with Gasteiger partial charge in [-0.05, 0) is 17.2 Å². The molecule has 7 N–H and O–H groups in total. The van der Waals surface area contributed by atoms with E-state index in [1.54, 1.807) is 0 Å². The number of primary amides is 1. The van der Waals surface area contributed by atoms with E-state index < -0.39 is 76.6 Å². The molecule has 2 saturated carbocycles. The van der Waals surface area contributed by atoms with Gasteiger partial charge in [0.1, 0.15) is 5.75 Å². The number of nitrogen functional groups attached to an aromatic ring is 1. The average Bonchev–Trinajstić information content (AvgIpc) is 2.67. The summed E-state index contributed by atoms with van der Waals surface area (Å²) in [5.74, 6) is -13.2. The SMILES string of the molecule is C=C1c2ccc(N)c(O)c2C(=O)C2C(=O)[C@]3(O)C(=O)C(C(N)=O)C(=O)C[C@@H]3[C@@H](O)[C@H]12. The first-order valence-electron chi connectivity index (χ1n) is 9.10. The topological polar surface area (TPSA) is 198 Å². The smallest absolute Gasteiger partial charge is 0.235 e. The second kappa shape index (κ2) is 6.07. The van der Waals surface area contributed by atoms with Crippen LogP contribution in [-0.2, 0) is 19.2 Å². The van der Waals surface area contributed by atoms with Gasteiger partial charge in [-0.15, -0.1) is 0 Å². The largest absolute Gasteiger partial charge is 0.505 e. The van der Waals surface area contributed by atoms with Crippen molar-refractivity contribution in [2.45, 2.75) is 18.1 Å². The molecule has 10 nitrogen and oxygen atoms in total. The van der Waals surface area contributed by atoms with Crippen molar-refractivity contribution >= 4 is 40.3 Å². The maximum absolute atomic E-state index is 13.3. The molecule has 0 aromatic heterocycles. The first-order valence-corrected chi connectivity index (χ1v) is 9.10. The fourth-order valence-electron chi connectivity index (χ4n) is 4.99. The van der Waals surface area contributed by atoms with Crippen LogP contribution in [0.3, 0.4) is 0 Å². The number of ketones is 4. The van der Waals surface area contributed by atoms with Crippen LogP contribution in [-0.4, -0.2) is 56.1 Å². The van der Waals surface area contributed by atoms with Gasteiger partial charge < -0.3 is 26.8 Å². The standard InChI is InChI=1S/C20H18N2O8/c1-5-6-2-3-8(21)15(25)11(6)16(26)13-10(5)14(24)7-4-9(23)12(19(22)29)17(27)20(7,30)18(13)28/h2-3,7,10,12-14,24-25,30H,1,4,21H2,(H2,22,29)/t7-,10-,12?,13?,14-,20-/m1/s1. The summed E-state index contributed by atoms with van der Waals surface area (Å²) in [6.45, 7) is 3.83. The zero-order valence-corrected chi connectivity index (χ0v) is 15.5. The van der Waals surface area contributed by atoms with Crippen LogP contribution in [0.5, 0.6) is 5.75 Å². The molecule has 0 heterocycles. The molecule has 30 heavy (non-hydrogen) atoms. The molecule has 4 rings (SSSR count). The molecule has 3 aliphatic carbocycles. The van der Waals surface area contributed by atoms with E-state index in [9.17, 15) is 39.3 Å². The highest BCUT2D eigenvalue weighted by Crippen LogP contribution is 2.53. The van der Waals surface area contributed by atoms with Crippen molar-refractivity contribution in [1.29, 1.82) is 0 Å². The van der Waals surface area contributed by atoms with Gasteiger partial charge in [0.25, 0.3) is 0 Å². The van der Waals surface area contributed by atoms with E-state index in [-0.39, 0.29) is 22.4 Å². The minimum Gasteiger partial charge on any atom is -0.505 e. The number of anilines is 1. The summed E-state index contributed by atoms with van der Waals surface area (Å²) < 4.78 is 0. The summed E-state index contributed by atoms with van der Waals surface area (Å²) in [6.07, 6.45) is -2.34. The minimum atomic E-state index is -2.96. The molecule has 2 fully saturated rings. The van der Waals surface area contributed by atoms with E-state index in [2.05, 4.69) is 6.58 Å². The van der Waals surface area contributed by atoms with Crippen molar-refractivity contribution in [3.8, 4) is 5.75 Å². The highest BCUT2D eigenvalue weighted by atomic mass is 16.3. The summed E-state index contributed by atoms with van der Waals surface area (Å²) in [6, 6.07) is 2.73. The normalized spacial score (nSPS) is 35.5. The number of phenolic OH excluding ortho intramolecular Hbond substituents is 1. The Bertz CT molecular complexity index is 1090. The Morgan fingerprint density at radius 2 is 1.80 bits per heavy atom. The number of nitrogens with two attached hydrogens (primary N) is 2. The number of hydrogen-bond acceptors (Lipinski definition) is 9. The monoisotopic (exact) mass is 414 g/mol. The Hall–Kier alpha value is -3.37. The van der Waals surface area contributed by atoms with Gasteiger partial charge in [0, 0.05) is 18.3 Å². The van der Waals surface area contributed by atoms with Gasteiger partial charge in [0.05, 0.1) is 23.3 Å². The Balaban J connectivity index is 1.92. The third-order valence-electron chi connectivity index (χ3n) is 6.49. The maximum Gasteiger partial charge on any atom is 0.235 e. The summed E-state index contributed by atoms with van der Waals surface area (Å²) in [7, 11) is 0. The molecular formula is C20H18N2O8. The number of benzene rings is 1. The molecule has 156 valence electrons. The summed E-state index contributed by atoms with van der Waals surface area (Å²) >= 11 is 0. The van der Waals surface area contributed by atoms with Crippen LogP contribution in [0.25, 0.3) is 5.57 Å². The number of aliphatic hydroxyl groups is 2. The lowest BCUT2D eigenvalue weighted by molar-refractivity contribution is -0.185. The number of carbonyl (C=O) groups excluding carboxylic acids is 5. The van der Waals surface area contributed by atoms with Gasteiger partial charge in [0.2, 0.25) is 5.91 Å². The van der Waals surface area contributed by atoms with Gasteiger partial charge in [-0.25, -0.2) is 0 Å². The predicted octanol–water partition coefficient (Wildman–Crippen LogP) is -1.65. The van der Waals surface area contributed by atoms with Gasteiger partial charge in [-0.2, -0.15) is 0 Å². The number of aromatic hydroxyl groups is 1. The van der Waals surface area contributed by atoms with Gasteiger partial charge in [0.15, 0.2) is 34.7 Å². The molecule has 10 heteroatoms. The fraction of sp³-hybridized carbons (Fsp3) is 0.350. The number of Topliss-reactive ketones (excluding diaryl/α,β-unsaturated/α-hetero) is 4. The summed E-state index contributed by atoms with van der Waals surface area (Å²) in [5.41, 5.74) is 7.61. The van der Waals surface area contributed by atoms with Gasteiger partial charge in [-0.1, -0.05) is 12.6 Å². The van der Waals surface area contributed by atoms with Gasteiger partial charge in [-0.3, -0.25) is 24.0 Å². The van der Waals surface area contributed by atoms with E-state index in [0.29, 0.717) is 0 Å². The number of rotatable bonds is 1. The van der Waals surface area contributed by atoms with Crippen LogP contribution in [0.1, 0.15) is 22.3 Å². The first-order chi connectivity index (χ1) is 13.9. The molecule has 1 aromatic carbocycles. The third-order valence-corrected chi connectivity index (χ3v) is 6.49. The van der Waals surface area contributed by atoms with Crippen molar-refractivity contribution in [2.24, 2.45) is 29.4 Å². The molecule has 0 saturated heterocycles. The molecule has 1 aromatic rings. The van der Waals surface area contributed by atoms with Crippen molar-refractivity contribution in [1.82, 2.24) is 0 Å². The van der Waals surface area contributed by atoms with E-state index in [4.69, 9.17) is 11.5 Å². The maximum atomic E-state index is 13.3. The zero-order valence-electron chi connectivity index (χ0n) is 15.5. The Morgan fingerprint density at radius 3 is 2.40 bits per heavy atom. The molecule has 0 bridgehead atoms. The van der Waals surface area contributed by atoms with Crippen LogP contribution in [0, 0.1) is 23.7 Å². The van der Waals surface area contributed by atoms with E-state index in [1.807, 2.05) is 0 Å². The lowest BCUT2D eigenvalue weighted by Crippen LogP contribution is -2.72. The third kappa shape index (κ3) is 2.17. The van der Waals surface area contributed by atoms with E-state index >= 15 is 0 Å². The number of hydrogen-bond donors (Lipinski definition) is 5. The molecule has 6 atom stereocenters. The molecule has 0 spiro atoms. The minimum absolute atomic E-state index is 0.115. The molecule has 0 radical (unpaired) electrons. The fourth-order valence-corrected chi connectivity index (χ4v) is 4.99. The molecule has 2 unspecified atom stereocenters. The lowest BCUT2D eigenvalue weighted by atomic mass is 9.52. The highest BCUT2D eigenvalue weighted by molar-refractivity contribution is 6.32. The Kier molecular flexibility index (Phi) is 4.03. The zero-order chi connectivity index (χ0) is 22.3. The summed E-state index contributed by atoms with van der Waals surface area (Å²) in [5, 5.41) is 32.3. The highest BCUT2D eigenvalue weighted by Gasteiger charge is 2.69. The van der Waals surface area contributed by atoms with Crippen molar-refractivity contribution in [3.05, 3.63) is 29.8 Å². The summed E-state index contributed by atoms with van der Waals surface area (Å²) in [4.78, 5) is 63.1. The number of fused-ring (bicyclic) bond motifs is 3. The number of aliphatic hydroxyl groups excluding tert-OH is 1.